The van der Waals surface area contributed by atoms with E-state index in [9.17, 15) is 9.90 Å². The van der Waals surface area contributed by atoms with Crippen LogP contribution in [0.15, 0.2) is 18.3 Å². The maximum Gasteiger partial charge on any atom is 0.222 e. The lowest BCUT2D eigenvalue weighted by Gasteiger charge is -2.32. The number of carbonyl (C=O) groups is 1. The molecule has 1 aliphatic rings. The quantitative estimate of drug-likeness (QED) is 0.807. The zero-order valence-electron chi connectivity index (χ0n) is 12.4. The van der Waals surface area contributed by atoms with Crippen LogP contribution in [-0.2, 0) is 16.1 Å². The molecule has 2 N–H and O–H groups in total. The number of methoxy groups -OCH3 is 1. The Morgan fingerprint density at radius 1 is 1.62 bits per heavy atom. The highest BCUT2D eigenvalue weighted by Crippen LogP contribution is 2.21. The van der Waals surface area contributed by atoms with E-state index in [1.807, 2.05) is 12.1 Å². The van der Waals surface area contributed by atoms with Crippen molar-refractivity contribution < 1.29 is 14.6 Å². The molecule has 6 nitrogen and oxygen atoms in total. The van der Waals surface area contributed by atoms with E-state index >= 15 is 0 Å². The lowest BCUT2D eigenvalue weighted by atomic mass is 10.1. The molecule has 0 aromatic carbocycles. The van der Waals surface area contributed by atoms with Gasteiger partial charge in [0.15, 0.2) is 0 Å². The summed E-state index contributed by atoms with van der Waals surface area (Å²) in [7, 11) is 1.58. The number of carbonyl (C=O) groups excluding carboxylic acids is 1. The lowest BCUT2D eigenvalue weighted by Crippen LogP contribution is -2.39. The molecule has 6 heteroatoms. The summed E-state index contributed by atoms with van der Waals surface area (Å²) in [5.74, 6) is 0.814. The van der Waals surface area contributed by atoms with Gasteiger partial charge in [-0.2, -0.15) is 0 Å². The standard InChI is InChI=1S/C15H23N3O3/c1-21-9-6-14(20)17-10-12-4-2-7-16-15(12)18-8-3-5-13(19)11-18/h2,4,7,13,19H,3,5-6,8-11H2,1H3,(H,17,20)/t13-/m1/s1. The number of rotatable bonds is 6. The van der Waals surface area contributed by atoms with Crippen molar-refractivity contribution in [3.05, 3.63) is 23.9 Å². The molecule has 1 aliphatic heterocycles. The van der Waals surface area contributed by atoms with Crippen molar-refractivity contribution >= 4 is 11.7 Å². The molecule has 2 heterocycles. The molecule has 0 radical (unpaired) electrons. The Labute approximate surface area is 125 Å². The third-order valence-electron chi connectivity index (χ3n) is 3.57. The number of aliphatic hydroxyl groups is 1. The summed E-state index contributed by atoms with van der Waals surface area (Å²) < 4.78 is 4.89. The first-order chi connectivity index (χ1) is 10.2. The third kappa shape index (κ3) is 4.68. The molecule has 0 unspecified atom stereocenters. The summed E-state index contributed by atoms with van der Waals surface area (Å²) in [5.41, 5.74) is 0.970. The Morgan fingerprint density at radius 2 is 2.48 bits per heavy atom. The van der Waals surface area contributed by atoms with Gasteiger partial charge in [-0.25, -0.2) is 4.98 Å². The molecule has 0 saturated carbocycles. The van der Waals surface area contributed by atoms with Gasteiger partial charge in [0.1, 0.15) is 5.82 Å². The van der Waals surface area contributed by atoms with Gasteiger partial charge in [-0.15, -0.1) is 0 Å². The second-order valence-corrected chi connectivity index (χ2v) is 5.25. The first-order valence-electron chi connectivity index (χ1n) is 7.33. The van der Waals surface area contributed by atoms with E-state index in [1.165, 1.54) is 0 Å². The average Bonchev–Trinajstić information content (AvgIpc) is 2.51. The molecular weight excluding hydrogens is 270 g/mol. The molecule has 0 bridgehead atoms. The summed E-state index contributed by atoms with van der Waals surface area (Å²) in [4.78, 5) is 18.2. The van der Waals surface area contributed by atoms with Crippen LogP contribution in [0.2, 0.25) is 0 Å². The molecule has 1 atom stereocenters. The monoisotopic (exact) mass is 293 g/mol. The Hall–Kier alpha value is -1.66. The lowest BCUT2D eigenvalue weighted by molar-refractivity contribution is -0.122. The highest BCUT2D eigenvalue weighted by molar-refractivity contribution is 5.76. The molecular formula is C15H23N3O3. The van der Waals surface area contributed by atoms with Gasteiger partial charge in [-0.05, 0) is 18.9 Å². The number of nitrogens with one attached hydrogen (secondary N) is 1. The molecule has 0 aliphatic carbocycles. The SMILES string of the molecule is COCCC(=O)NCc1cccnc1N1CCC[C@@H](O)C1. The van der Waals surface area contributed by atoms with E-state index in [1.54, 1.807) is 13.3 Å². The number of hydrogen-bond donors (Lipinski definition) is 2. The van der Waals surface area contributed by atoms with Crippen LogP contribution in [0.25, 0.3) is 0 Å². The summed E-state index contributed by atoms with van der Waals surface area (Å²) in [6.45, 7) is 2.35. The fourth-order valence-electron chi connectivity index (χ4n) is 2.48. The number of anilines is 1. The topological polar surface area (TPSA) is 74.7 Å². The van der Waals surface area contributed by atoms with Gasteiger partial charge in [0.25, 0.3) is 0 Å². The van der Waals surface area contributed by atoms with Crippen molar-refractivity contribution in [2.24, 2.45) is 0 Å². The van der Waals surface area contributed by atoms with Crippen molar-refractivity contribution in [1.29, 1.82) is 0 Å². The van der Waals surface area contributed by atoms with Crippen LogP contribution in [0.3, 0.4) is 0 Å². The van der Waals surface area contributed by atoms with Crippen molar-refractivity contribution in [3.63, 3.8) is 0 Å². The molecule has 1 aromatic heterocycles. The summed E-state index contributed by atoms with van der Waals surface area (Å²) in [5, 5.41) is 12.7. The van der Waals surface area contributed by atoms with Gasteiger partial charge in [-0.1, -0.05) is 6.07 Å². The number of piperidine rings is 1. The normalized spacial score (nSPS) is 18.6. The van der Waals surface area contributed by atoms with Crippen molar-refractivity contribution in [2.45, 2.75) is 31.9 Å². The minimum absolute atomic E-state index is 0.0367. The molecule has 1 amide bonds. The Kier molecular flexibility index (Phi) is 5.95. The number of nitrogens with zero attached hydrogens (tertiary/aromatic N) is 2. The van der Waals surface area contributed by atoms with Crippen LogP contribution < -0.4 is 10.2 Å². The van der Waals surface area contributed by atoms with E-state index in [0.29, 0.717) is 26.1 Å². The molecule has 116 valence electrons. The van der Waals surface area contributed by atoms with Gasteiger partial charge in [0.05, 0.1) is 12.7 Å². The van der Waals surface area contributed by atoms with Gasteiger partial charge < -0.3 is 20.1 Å². The average molecular weight is 293 g/mol. The predicted octanol–water partition coefficient (Wildman–Crippen LogP) is 0.695. The fourth-order valence-corrected chi connectivity index (χ4v) is 2.48. The Morgan fingerprint density at radius 3 is 3.24 bits per heavy atom. The number of amides is 1. The van der Waals surface area contributed by atoms with E-state index in [-0.39, 0.29) is 12.0 Å². The van der Waals surface area contributed by atoms with E-state index in [0.717, 1.165) is 30.8 Å². The Balaban J connectivity index is 1.98. The molecule has 21 heavy (non-hydrogen) atoms. The van der Waals surface area contributed by atoms with Gasteiger partial charge in [-0.3, -0.25) is 4.79 Å². The summed E-state index contributed by atoms with van der Waals surface area (Å²) >= 11 is 0. The van der Waals surface area contributed by atoms with Crippen LogP contribution in [-0.4, -0.2) is 48.9 Å². The fraction of sp³-hybridized carbons (Fsp3) is 0.600. The van der Waals surface area contributed by atoms with Gasteiger partial charge >= 0.3 is 0 Å². The van der Waals surface area contributed by atoms with Crippen LogP contribution in [0, 0.1) is 0 Å². The number of pyridine rings is 1. The molecule has 0 spiro atoms. The number of aliphatic hydroxyl groups excluding tert-OH is 1. The largest absolute Gasteiger partial charge is 0.391 e. The second kappa shape index (κ2) is 7.95. The maximum absolute atomic E-state index is 11.6. The summed E-state index contributed by atoms with van der Waals surface area (Å²) in [6, 6.07) is 3.82. The zero-order valence-corrected chi connectivity index (χ0v) is 12.4. The number of hydrogen-bond acceptors (Lipinski definition) is 5. The van der Waals surface area contributed by atoms with E-state index in [2.05, 4.69) is 15.2 Å². The van der Waals surface area contributed by atoms with Crippen LogP contribution in [0.4, 0.5) is 5.82 Å². The Bertz CT molecular complexity index is 467. The molecule has 1 fully saturated rings. The first-order valence-corrected chi connectivity index (χ1v) is 7.33. The van der Waals surface area contributed by atoms with E-state index in [4.69, 9.17) is 4.74 Å². The van der Waals surface area contributed by atoms with Crippen LogP contribution >= 0.6 is 0 Å². The molecule has 1 aromatic rings. The molecule has 1 saturated heterocycles. The smallest absolute Gasteiger partial charge is 0.222 e. The zero-order chi connectivity index (χ0) is 15.1. The third-order valence-corrected chi connectivity index (χ3v) is 3.57. The number of aromatic nitrogens is 1. The minimum Gasteiger partial charge on any atom is -0.391 e. The number of β-amino-alcohol motifs (C(OH)–C–C–N with tert-alkyl or cyclic N) is 1. The number of ether oxygens (including phenoxy) is 1. The predicted molar refractivity (Wildman–Crippen MR) is 80.0 cm³/mol. The highest BCUT2D eigenvalue weighted by atomic mass is 16.5. The second-order valence-electron chi connectivity index (χ2n) is 5.25. The summed E-state index contributed by atoms with van der Waals surface area (Å²) in [6.07, 6.45) is 3.59. The van der Waals surface area contributed by atoms with Gasteiger partial charge in [0.2, 0.25) is 5.91 Å². The van der Waals surface area contributed by atoms with Crippen molar-refractivity contribution in [1.82, 2.24) is 10.3 Å². The van der Waals surface area contributed by atoms with Crippen molar-refractivity contribution in [3.8, 4) is 0 Å². The maximum atomic E-state index is 11.6. The highest BCUT2D eigenvalue weighted by Gasteiger charge is 2.20. The van der Waals surface area contributed by atoms with E-state index < -0.39 is 0 Å². The van der Waals surface area contributed by atoms with Crippen LogP contribution in [0.5, 0.6) is 0 Å². The minimum atomic E-state index is -0.301. The van der Waals surface area contributed by atoms with Crippen LogP contribution in [0.1, 0.15) is 24.8 Å². The first kappa shape index (κ1) is 15.7. The van der Waals surface area contributed by atoms with Gasteiger partial charge in [0, 0.05) is 44.9 Å². The molecule has 2 rings (SSSR count). The van der Waals surface area contributed by atoms with Crippen molar-refractivity contribution in [2.75, 3.05) is 31.7 Å².